The molecule has 6 heteroatoms. The Bertz CT molecular complexity index is 639. The van der Waals surface area contributed by atoms with Gasteiger partial charge in [-0.15, -0.1) is 11.3 Å². The van der Waals surface area contributed by atoms with Crippen molar-refractivity contribution in [1.29, 1.82) is 0 Å². The maximum absolute atomic E-state index is 11.9. The number of thiophene rings is 1. The Morgan fingerprint density at radius 1 is 1.27 bits per heavy atom. The Kier molecular flexibility index (Phi) is 5.55. The first kappa shape index (κ1) is 16.0. The molecule has 1 heterocycles. The van der Waals surface area contributed by atoms with Crippen molar-refractivity contribution in [2.45, 2.75) is 26.0 Å². The Hall–Kier alpha value is -2.34. The van der Waals surface area contributed by atoms with Gasteiger partial charge in [-0.1, -0.05) is 30.3 Å². The van der Waals surface area contributed by atoms with Crippen molar-refractivity contribution in [1.82, 2.24) is 5.32 Å². The number of amides is 1. The molecule has 2 N–H and O–H groups in total. The number of benzene rings is 1. The van der Waals surface area contributed by atoms with Gasteiger partial charge in [0.1, 0.15) is 6.61 Å². The van der Waals surface area contributed by atoms with Crippen LogP contribution in [0.3, 0.4) is 0 Å². The first-order valence-electron chi connectivity index (χ1n) is 6.79. The number of hydrogen-bond donors (Lipinski definition) is 2. The molecule has 1 atom stereocenters. The van der Waals surface area contributed by atoms with Crippen molar-refractivity contribution < 1.29 is 19.4 Å². The van der Waals surface area contributed by atoms with Crippen LogP contribution >= 0.6 is 11.3 Å². The van der Waals surface area contributed by atoms with Gasteiger partial charge in [-0.3, -0.25) is 4.79 Å². The van der Waals surface area contributed by atoms with Gasteiger partial charge in [0.25, 0.3) is 0 Å². The molecule has 22 heavy (non-hydrogen) atoms. The Morgan fingerprint density at radius 3 is 2.59 bits per heavy atom. The number of ether oxygens (including phenoxy) is 1. The molecule has 1 amide bonds. The van der Waals surface area contributed by atoms with Crippen molar-refractivity contribution in [3.8, 4) is 0 Å². The minimum atomic E-state index is -0.973. The number of nitrogens with one attached hydrogen (secondary N) is 1. The highest BCUT2D eigenvalue weighted by Gasteiger charge is 2.21. The Balaban J connectivity index is 1.96. The Labute approximate surface area is 132 Å². The minimum Gasteiger partial charge on any atom is -0.481 e. The molecule has 0 saturated heterocycles. The molecular formula is C16H17NO4S. The summed E-state index contributed by atoms with van der Waals surface area (Å²) in [5, 5.41) is 13.5. The Morgan fingerprint density at radius 2 is 2.00 bits per heavy atom. The summed E-state index contributed by atoms with van der Waals surface area (Å²) in [5.41, 5.74) is 1.68. The lowest BCUT2D eigenvalue weighted by Gasteiger charge is -2.17. The molecule has 0 aliphatic heterocycles. The van der Waals surface area contributed by atoms with Crippen LogP contribution in [0, 0.1) is 6.92 Å². The lowest BCUT2D eigenvalue weighted by molar-refractivity contribution is -0.137. The second kappa shape index (κ2) is 7.61. The molecule has 0 aliphatic carbocycles. The van der Waals surface area contributed by atoms with E-state index in [2.05, 4.69) is 5.32 Å². The molecular weight excluding hydrogens is 302 g/mol. The van der Waals surface area contributed by atoms with Gasteiger partial charge in [-0.2, -0.15) is 0 Å². The summed E-state index contributed by atoms with van der Waals surface area (Å²) in [7, 11) is 0. The van der Waals surface area contributed by atoms with Crippen LogP contribution in [0.4, 0.5) is 4.79 Å². The number of alkyl carbamates (subject to hydrolysis) is 1. The number of aliphatic carboxylic acids is 1. The predicted molar refractivity (Wildman–Crippen MR) is 83.8 cm³/mol. The molecule has 1 aromatic carbocycles. The van der Waals surface area contributed by atoms with Crippen molar-refractivity contribution >= 4 is 23.4 Å². The van der Waals surface area contributed by atoms with Gasteiger partial charge in [0.15, 0.2) is 0 Å². The van der Waals surface area contributed by atoms with E-state index in [0.717, 1.165) is 16.0 Å². The van der Waals surface area contributed by atoms with Crippen LogP contribution in [0.5, 0.6) is 0 Å². The second-order valence-electron chi connectivity index (χ2n) is 4.79. The van der Waals surface area contributed by atoms with E-state index in [0.29, 0.717) is 0 Å². The zero-order chi connectivity index (χ0) is 15.9. The molecule has 2 rings (SSSR count). The van der Waals surface area contributed by atoms with Gasteiger partial charge in [0, 0.05) is 4.88 Å². The summed E-state index contributed by atoms with van der Waals surface area (Å²) >= 11 is 1.51. The number of rotatable bonds is 6. The highest BCUT2D eigenvalue weighted by molar-refractivity contribution is 7.10. The maximum Gasteiger partial charge on any atom is 0.407 e. The molecule has 0 fully saturated rings. The topological polar surface area (TPSA) is 75.6 Å². The van der Waals surface area contributed by atoms with Crippen LogP contribution in [0.2, 0.25) is 0 Å². The first-order chi connectivity index (χ1) is 10.6. The molecule has 0 saturated carbocycles. The van der Waals surface area contributed by atoms with Gasteiger partial charge in [-0.05, 0) is 29.5 Å². The fraction of sp³-hybridized carbons (Fsp3) is 0.250. The third-order valence-electron chi connectivity index (χ3n) is 3.16. The molecule has 2 aromatic rings. The SMILES string of the molecule is Cc1sccc1[C@H](CC(=O)O)NC(=O)OCc1ccccc1. The lowest BCUT2D eigenvalue weighted by atomic mass is 10.1. The molecule has 0 spiro atoms. The summed E-state index contributed by atoms with van der Waals surface area (Å²) < 4.78 is 5.14. The van der Waals surface area contributed by atoms with E-state index < -0.39 is 18.1 Å². The smallest absolute Gasteiger partial charge is 0.407 e. The zero-order valence-electron chi connectivity index (χ0n) is 12.1. The number of carboxylic acid groups (broad SMARTS) is 1. The van der Waals surface area contributed by atoms with E-state index in [1.165, 1.54) is 11.3 Å². The average Bonchev–Trinajstić information content (AvgIpc) is 2.91. The number of carbonyl (C=O) groups excluding carboxylic acids is 1. The lowest BCUT2D eigenvalue weighted by Crippen LogP contribution is -2.30. The number of aryl methyl sites for hydroxylation is 1. The third kappa shape index (κ3) is 4.60. The first-order valence-corrected chi connectivity index (χ1v) is 7.67. The number of carbonyl (C=O) groups is 2. The second-order valence-corrected chi connectivity index (χ2v) is 5.91. The van der Waals surface area contributed by atoms with Crippen LogP contribution in [-0.2, 0) is 16.1 Å². The predicted octanol–water partition coefficient (Wildman–Crippen LogP) is 3.50. The van der Waals surface area contributed by atoms with Crippen molar-refractivity contribution in [3.05, 3.63) is 57.8 Å². The van der Waals surface area contributed by atoms with E-state index in [1.54, 1.807) is 0 Å². The summed E-state index contributed by atoms with van der Waals surface area (Å²) in [4.78, 5) is 23.9. The standard InChI is InChI=1S/C16H17NO4S/c1-11-13(7-8-22-11)14(9-15(18)19)17-16(20)21-10-12-5-3-2-4-6-12/h2-8,14H,9-10H2,1H3,(H,17,20)(H,18,19)/t14-/m0/s1. The van der Waals surface area contributed by atoms with Crippen LogP contribution in [0.25, 0.3) is 0 Å². The highest BCUT2D eigenvalue weighted by Crippen LogP contribution is 2.25. The summed E-state index contributed by atoms with van der Waals surface area (Å²) in [5.74, 6) is -0.973. The van der Waals surface area contributed by atoms with E-state index in [-0.39, 0.29) is 13.0 Å². The zero-order valence-corrected chi connectivity index (χ0v) is 12.9. The van der Waals surface area contributed by atoms with E-state index >= 15 is 0 Å². The van der Waals surface area contributed by atoms with Crippen LogP contribution < -0.4 is 5.32 Å². The monoisotopic (exact) mass is 319 g/mol. The van der Waals surface area contributed by atoms with Gasteiger partial charge < -0.3 is 15.2 Å². The summed E-state index contributed by atoms with van der Waals surface area (Å²) in [6.45, 7) is 2.04. The fourth-order valence-electron chi connectivity index (χ4n) is 2.08. The molecule has 0 radical (unpaired) electrons. The molecule has 0 unspecified atom stereocenters. The molecule has 1 aromatic heterocycles. The quantitative estimate of drug-likeness (QED) is 0.854. The molecule has 0 bridgehead atoms. The van der Waals surface area contributed by atoms with Crippen LogP contribution in [0.1, 0.15) is 28.5 Å². The van der Waals surface area contributed by atoms with Gasteiger partial charge >= 0.3 is 12.1 Å². The fourth-order valence-corrected chi connectivity index (χ4v) is 2.84. The van der Waals surface area contributed by atoms with Gasteiger partial charge in [-0.25, -0.2) is 4.79 Å². The van der Waals surface area contributed by atoms with Gasteiger partial charge in [0.05, 0.1) is 12.5 Å². The van der Waals surface area contributed by atoms with E-state index in [9.17, 15) is 9.59 Å². The van der Waals surface area contributed by atoms with Crippen LogP contribution in [-0.4, -0.2) is 17.2 Å². The van der Waals surface area contributed by atoms with Crippen molar-refractivity contribution in [2.75, 3.05) is 0 Å². The normalized spacial score (nSPS) is 11.7. The van der Waals surface area contributed by atoms with Gasteiger partial charge in [0.2, 0.25) is 0 Å². The largest absolute Gasteiger partial charge is 0.481 e. The number of hydrogen-bond acceptors (Lipinski definition) is 4. The molecule has 116 valence electrons. The molecule has 5 nitrogen and oxygen atoms in total. The highest BCUT2D eigenvalue weighted by atomic mass is 32.1. The van der Waals surface area contributed by atoms with Crippen LogP contribution in [0.15, 0.2) is 41.8 Å². The van der Waals surface area contributed by atoms with E-state index in [4.69, 9.17) is 9.84 Å². The number of carboxylic acids is 1. The summed E-state index contributed by atoms with van der Waals surface area (Å²) in [6.07, 6.45) is -0.807. The van der Waals surface area contributed by atoms with E-state index in [1.807, 2.05) is 48.7 Å². The summed E-state index contributed by atoms with van der Waals surface area (Å²) in [6, 6.07) is 10.5. The average molecular weight is 319 g/mol. The van der Waals surface area contributed by atoms with Crippen molar-refractivity contribution in [3.63, 3.8) is 0 Å². The molecule has 0 aliphatic rings. The minimum absolute atomic E-state index is 0.148. The maximum atomic E-state index is 11.9. The van der Waals surface area contributed by atoms with Crippen molar-refractivity contribution in [2.24, 2.45) is 0 Å². The third-order valence-corrected chi connectivity index (χ3v) is 4.02.